The number of nitrogens with one attached hydrogen (secondary N) is 1. The quantitative estimate of drug-likeness (QED) is 0.0563. The van der Waals surface area contributed by atoms with E-state index in [4.69, 9.17) is 9.47 Å². The van der Waals surface area contributed by atoms with Crippen LogP contribution in [0, 0.1) is 0 Å². The molecule has 45 heavy (non-hydrogen) atoms. The molecule has 0 aromatic heterocycles. The van der Waals surface area contributed by atoms with E-state index >= 15 is 0 Å². The number of carbonyl (C=O) groups excluding carboxylic acids is 1. The van der Waals surface area contributed by atoms with Crippen LogP contribution >= 0.6 is 0 Å². The first-order valence-electron chi connectivity index (χ1n) is 17.3. The van der Waals surface area contributed by atoms with Crippen LogP contribution in [-0.2, 0) is 14.3 Å². The van der Waals surface area contributed by atoms with Gasteiger partial charge in [0.15, 0.2) is 6.29 Å². The third-order valence-corrected chi connectivity index (χ3v) is 7.95. The summed E-state index contributed by atoms with van der Waals surface area (Å²) in [5, 5.41) is 53.3. The third-order valence-electron chi connectivity index (χ3n) is 7.95. The minimum Gasteiger partial charge on any atom is -0.394 e. The van der Waals surface area contributed by atoms with Crippen molar-refractivity contribution < 1.29 is 39.8 Å². The maximum Gasteiger partial charge on any atom is 0.220 e. The van der Waals surface area contributed by atoms with Gasteiger partial charge in [0, 0.05) is 6.42 Å². The van der Waals surface area contributed by atoms with Gasteiger partial charge in [-0.15, -0.1) is 0 Å². The number of aliphatic hydroxyl groups is 5. The lowest BCUT2D eigenvalue weighted by Crippen LogP contribution is -2.60. The minimum absolute atomic E-state index is 0.152. The standard InChI is InChI=1S/C36H63NO8/c1-3-5-7-8-9-10-11-12-13-14-15-16-17-18-19-20-21-22-24-26-32(40)37-29(30(39)25-23-6-4-2)28-44-36-35(43)34(42)33(41)31(27-38)45-36/h5,7,9-10,12-13,15-16,29-31,33-36,38-39,41-43H,3-4,6,8,11,14,17-28H2,1-2H3,(H,37,40)/b7-5-,10-9-,13-12-,16-15-. The molecular weight excluding hydrogens is 574 g/mol. The van der Waals surface area contributed by atoms with Gasteiger partial charge in [-0.05, 0) is 51.4 Å². The number of aliphatic hydroxyl groups excluding tert-OH is 5. The number of unbranched alkanes of at least 4 members (excludes halogenated alkanes) is 8. The second kappa shape index (κ2) is 27.3. The molecule has 9 nitrogen and oxygen atoms in total. The Bertz CT molecular complexity index is 843. The molecule has 0 aromatic rings. The number of allylic oxidation sites excluding steroid dienone is 8. The summed E-state index contributed by atoms with van der Waals surface area (Å²) in [5.41, 5.74) is 0. The van der Waals surface area contributed by atoms with Crippen LogP contribution in [0.3, 0.4) is 0 Å². The molecule has 0 spiro atoms. The number of amides is 1. The van der Waals surface area contributed by atoms with Gasteiger partial charge < -0.3 is 40.3 Å². The molecule has 1 saturated heterocycles. The van der Waals surface area contributed by atoms with Crippen LogP contribution in [0.4, 0.5) is 0 Å². The minimum atomic E-state index is -1.55. The summed E-state index contributed by atoms with van der Waals surface area (Å²) in [6.45, 7) is 3.50. The molecule has 1 aliphatic rings. The highest BCUT2D eigenvalue weighted by molar-refractivity contribution is 5.76. The first-order chi connectivity index (χ1) is 21.8. The summed E-state index contributed by atoms with van der Waals surface area (Å²) >= 11 is 0. The van der Waals surface area contributed by atoms with Crippen LogP contribution in [0.2, 0.25) is 0 Å². The maximum atomic E-state index is 12.7. The Morgan fingerprint density at radius 3 is 2.00 bits per heavy atom. The first kappa shape index (κ1) is 41.2. The lowest BCUT2D eigenvalue weighted by molar-refractivity contribution is -0.302. The second-order valence-corrected chi connectivity index (χ2v) is 11.9. The molecule has 1 fully saturated rings. The molecule has 0 aliphatic carbocycles. The van der Waals surface area contributed by atoms with E-state index < -0.39 is 49.5 Å². The fourth-order valence-electron chi connectivity index (χ4n) is 5.09. The smallest absolute Gasteiger partial charge is 0.220 e. The van der Waals surface area contributed by atoms with E-state index in [1.54, 1.807) is 0 Å². The Morgan fingerprint density at radius 2 is 1.38 bits per heavy atom. The molecule has 6 N–H and O–H groups in total. The van der Waals surface area contributed by atoms with Crippen molar-refractivity contribution in [2.24, 2.45) is 0 Å². The van der Waals surface area contributed by atoms with Crippen molar-refractivity contribution in [1.29, 1.82) is 0 Å². The average molecular weight is 638 g/mol. The highest BCUT2D eigenvalue weighted by Crippen LogP contribution is 2.22. The van der Waals surface area contributed by atoms with Crippen molar-refractivity contribution in [2.45, 2.75) is 159 Å². The normalized spacial score (nSPS) is 23.9. The van der Waals surface area contributed by atoms with Crippen LogP contribution in [0.15, 0.2) is 48.6 Å². The summed E-state index contributed by atoms with van der Waals surface area (Å²) in [6.07, 6.45) is 24.9. The van der Waals surface area contributed by atoms with E-state index in [2.05, 4.69) is 67.8 Å². The van der Waals surface area contributed by atoms with Gasteiger partial charge in [-0.2, -0.15) is 0 Å². The van der Waals surface area contributed by atoms with E-state index in [1.165, 1.54) is 12.8 Å². The molecule has 0 bridgehead atoms. The van der Waals surface area contributed by atoms with Gasteiger partial charge >= 0.3 is 0 Å². The molecular formula is C36H63NO8. The van der Waals surface area contributed by atoms with Gasteiger partial charge in [0.2, 0.25) is 5.91 Å². The number of hydrogen-bond donors (Lipinski definition) is 6. The van der Waals surface area contributed by atoms with Crippen molar-refractivity contribution in [3.8, 4) is 0 Å². The Kier molecular flexibility index (Phi) is 25.0. The average Bonchev–Trinajstić information content (AvgIpc) is 3.03. The molecule has 260 valence electrons. The predicted octanol–water partition coefficient (Wildman–Crippen LogP) is 5.15. The first-order valence-corrected chi connectivity index (χ1v) is 17.3. The van der Waals surface area contributed by atoms with Crippen molar-refractivity contribution in [3.63, 3.8) is 0 Å². The summed E-state index contributed by atoms with van der Waals surface area (Å²) in [4.78, 5) is 12.7. The summed E-state index contributed by atoms with van der Waals surface area (Å²) in [7, 11) is 0. The highest BCUT2D eigenvalue weighted by atomic mass is 16.7. The van der Waals surface area contributed by atoms with Gasteiger partial charge in [0.1, 0.15) is 24.4 Å². The van der Waals surface area contributed by atoms with E-state index in [9.17, 15) is 30.3 Å². The largest absolute Gasteiger partial charge is 0.394 e. The highest BCUT2D eigenvalue weighted by Gasteiger charge is 2.44. The molecule has 1 amide bonds. The van der Waals surface area contributed by atoms with Gasteiger partial charge in [-0.3, -0.25) is 4.79 Å². The zero-order chi connectivity index (χ0) is 33.1. The van der Waals surface area contributed by atoms with Gasteiger partial charge in [-0.1, -0.05) is 107 Å². The number of rotatable bonds is 26. The Hall–Kier alpha value is -1.85. The third kappa shape index (κ3) is 19.4. The van der Waals surface area contributed by atoms with E-state index in [1.807, 2.05) is 0 Å². The summed E-state index contributed by atoms with van der Waals surface area (Å²) in [5.74, 6) is -0.175. The van der Waals surface area contributed by atoms with Gasteiger partial charge in [0.05, 0.1) is 25.4 Å². The maximum absolute atomic E-state index is 12.7. The molecule has 1 heterocycles. The molecule has 0 aromatic carbocycles. The van der Waals surface area contributed by atoms with Crippen LogP contribution < -0.4 is 5.32 Å². The zero-order valence-corrected chi connectivity index (χ0v) is 27.8. The van der Waals surface area contributed by atoms with Gasteiger partial charge in [0.25, 0.3) is 0 Å². The molecule has 7 unspecified atom stereocenters. The van der Waals surface area contributed by atoms with Crippen LogP contribution in [-0.4, -0.2) is 87.5 Å². The zero-order valence-electron chi connectivity index (χ0n) is 27.8. The van der Waals surface area contributed by atoms with Crippen molar-refractivity contribution in [2.75, 3.05) is 13.2 Å². The lowest BCUT2D eigenvalue weighted by Gasteiger charge is -2.40. The van der Waals surface area contributed by atoms with Crippen molar-refractivity contribution in [3.05, 3.63) is 48.6 Å². The van der Waals surface area contributed by atoms with Crippen molar-refractivity contribution in [1.82, 2.24) is 5.32 Å². The van der Waals surface area contributed by atoms with Gasteiger partial charge in [-0.25, -0.2) is 0 Å². The topological polar surface area (TPSA) is 149 Å². The number of ether oxygens (including phenoxy) is 2. The fraction of sp³-hybridized carbons (Fsp3) is 0.750. The molecule has 1 rings (SSSR count). The SMILES string of the molecule is CC/C=C\C/C=C\C/C=C\C/C=C\CCCCCCCCC(=O)NC(COC1OC(CO)C(O)C(O)C1O)C(O)CCCCC. The van der Waals surface area contributed by atoms with Crippen molar-refractivity contribution >= 4 is 5.91 Å². The Balaban J connectivity index is 2.27. The Morgan fingerprint density at radius 1 is 0.778 bits per heavy atom. The van der Waals surface area contributed by atoms with E-state index in [-0.39, 0.29) is 12.5 Å². The number of carbonyl (C=O) groups is 1. The summed E-state index contributed by atoms with van der Waals surface area (Å²) < 4.78 is 11.0. The Labute approximate surface area is 272 Å². The van der Waals surface area contributed by atoms with Crippen LogP contribution in [0.5, 0.6) is 0 Å². The second-order valence-electron chi connectivity index (χ2n) is 11.9. The number of hydrogen-bond acceptors (Lipinski definition) is 8. The molecule has 0 radical (unpaired) electrons. The summed E-state index contributed by atoms with van der Waals surface area (Å²) in [6, 6.07) is -0.722. The lowest BCUT2D eigenvalue weighted by atomic mass is 9.99. The molecule has 1 aliphatic heterocycles. The van der Waals surface area contributed by atoms with E-state index in [0.29, 0.717) is 12.8 Å². The molecule has 9 heteroatoms. The van der Waals surface area contributed by atoms with Crippen LogP contribution in [0.1, 0.15) is 117 Å². The monoisotopic (exact) mass is 637 g/mol. The molecule has 7 atom stereocenters. The van der Waals surface area contributed by atoms with E-state index in [0.717, 1.165) is 77.0 Å². The molecule has 0 saturated carbocycles. The predicted molar refractivity (Wildman–Crippen MR) is 179 cm³/mol. The van der Waals surface area contributed by atoms with Crippen LogP contribution in [0.25, 0.3) is 0 Å². The fourth-order valence-corrected chi connectivity index (χ4v) is 5.09.